The van der Waals surface area contributed by atoms with E-state index >= 15 is 0 Å². The third-order valence-electron chi connectivity index (χ3n) is 5.50. The average molecular weight is 427 g/mol. The van der Waals surface area contributed by atoms with Crippen LogP contribution in [0.2, 0.25) is 0 Å². The molecule has 0 fully saturated rings. The number of hydrogen-bond acceptors (Lipinski definition) is 5. The predicted octanol–water partition coefficient (Wildman–Crippen LogP) is 5.04. The monoisotopic (exact) mass is 426 g/mol. The Hall–Kier alpha value is -3.50. The van der Waals surface area contributed by atoms with Crippen molar-refractivity contribution in [1.82, 2.24) is 24.5 Å². The molecule has 0 saturated heterocycles. The molecule has 3 aromatic heterocycles. The minimum absolute atomic E-state index is 0.526. The second-order valence-corrected chi connectivity index (χ2v) is 8.61. The molecule has 0 radical (unpaired) electrons. The summed E-state index contributed by atoms with van der Waals surface area (Å²) in [7, 11) is 0. The first-order valence-corrected chi connectivity index (χ1v) is 11.4. The molecule has 6 nitrogen and oxygen atoms in total. The van der Waals surface area contributed by atoms with Crippen LogP contribution in [0.4, 0.5) is 0 Å². The maximum Gasteiger partial charge on any atom is 0.174 e. The number of nitrogens with zero attached hydrogens (tertiary/aromatic N) is 6. The lowest BCUT2D eigenvalue weighted by molar-refractivity contribution is 0.627. The SMILES string of the molecule is N#C/C(=C\c1cn(Cc2ccccc2)nc1-c1cccs1)c1nnc2n1CCCCC2. The highest BCUT2D eigenvalue weighted by atomic mass is 32.1. The van der Waals surface area contributed by atoms with Crippen molar-refractivity contribution in [2.45, 2.75) is 38.8 Å². The molecule has 4 aromatic rings. The molecule has 31 heavy (non-hydrogen) atoms. The molecule has 0 atom stereocenters. The van der Waals surface area contributed by atoms with Gasteiger partial charge in [0.05, 0.1) is 17.0 Å². The second kappa shape index (κ2) is 8.70. The van der Waals surface area contributed by atoms with Crippen LogP contribution < -0.4 is 0 Å². The van der Waals surface area contributed by atoms with Gasteiger partial charge < -0.3 is 4.57 Å². The van der Waals surface area contributed by atoms with Crippen LogP contribution in [0.25, 0.3) is 22.2 Å². The molecule has 1 aliphatic heterocycles. The molecule has 4 heterocycles. The summed E-state index contributed by atoms with van der Waals surface area (Å²) in [5.41, 5.74) is 3.51. The highest BCUT2D eigenvalue weighted by Crippen LogP contribution is 2.30. The Morgan fingerprint density at radius 2 is 2.00 bits per heavy atom. The van der Waals surface area contributed by atoms with E-state index in [1.54, 1.807) is 11.3 Å². The Balaban J connectivity index is 1.56. The molecule has 1 aliphatic rings. The Morgan fingerprint density at radius 1 is 1.10 bits per heavy atom. The lowest BCUT2D eigenvalue weighted by Crippen LogP contribution is -2.05. The van der Waals surface area contributed by atoms with Gasteiger partial charge in [-0.3, -0.25) is 4.68 Å². The third-order valence-corrected chi connectivity index (χ3v) is 6.38. The standard InChI is InChI=1S/C24H22N6S/c25-15-19(24-27-26-22-11-5-2-6-12-30(22)24)14-20-17-29(16-18-8-3-1-4-9-18)28-23(20)21-10-7-13-31-21/h1,3-4,7-10,13-14,17H,2,5-6,11-12,16H2/b19-14+. The molecule has 0 aliphatic carbocycles. The second-order valence-electron chi connectivity index (χ2n) is 7.67. The van der Waals surface area contributed by atoms with Crippen molar-refractivity contribution in [2.75, 3.05) is 0 Å². The Morgan fingerprint density at radius 3 is 2.81 bits per heavy atom. The summed E-state index contributed by atoms with van der Waals surface area (Å²) in [6.45, 7) is 1.54. The maximum absolute atomic E-state index is 9.97. The quantitative estimate of drug-likeness (QED) is 0.419. The van der Waals surface area contributed by atoms with Gasteiger partial charge in [0.25, 0.3) is 0 Å². The van der Waals surface area contributed by atoms with Crippen molar-refractivity contribution in [3.8, 4) is 16.6 Å². The molecule has 0 unspecified atom stereocenters. The highest BCUT2D eigenvalue weighted by Gasteiger charge is 2.19. The van der Waals surface area contributed by atoms with E-state index in [4.69, 9.17) is 5.10 Å². The maximum atomic E-state index is 9.97. The van der Waals surface area contributed by atoms with Crippen LogP contribution in [0.5, 0.6) is 0 Å². The summed E-state index contributed by atoms with van der Waals surface area (Å²) in [6.07, 6.45) is 8.24. The van der Waals surface area contributed by atoms with E-state index in [9.17, 15) is 5.26 Å². The number of rotatable bonds is 5. The van der Waals surface area contributed by atoms with Crippen molar-refractivity contribution in [3.63, 3.8) is 0 Å². The van der Waals surface area contributed by atoms with Gasteiger partial charge in [0, 0.05) is 24.7 Å². The van der Waals surface area contributed by atoms with Gasteiger partial charge in [-0.25, -0.2) is 0 Å². The summed E-state index contributed by atoms with van der Waals surface area (Å²) in [6, 6.07) is 16.7. The normalized spacial score (nSPS) is 14.1. The van der Waals surface area contributed by atoms with Crippen LogP contribution in [0, 0.1) is 11.3 Å². The predicted molar refractivity (Wildman–Crippen MR) is 122 cm³/mol. The third kappa shape index (κ3) is 4.07. The van der Waals surface area contributed by atoms with Crippen LogP contribution >= 0.6 is 11.3 Å². The first-order chi connectivity index (χ1) is 15.3. The summed E-state index contributed by atoms with van der Waals surface area (Å²) in [5.74, 6) is 1.64. The number of fused-ring (bicyclic) bond motifs is 1. The fourth-order valence-electron chi connectivity index (χ4n) is 3.99. The summed E-state index contributed by atoms with van der Waals surface area (Å²) in [5, 5.41) is 25.6. The van der Waals surface area contributed by atoms with Crippen molar-refractivity contribution >= 4 is 23.0 Å². The number of benzene rings is 1. The number of nitriles is 1. The summed E-state index contributed by atoms with van der Waals surface area (Å²) in [4.78, 5) is 1.08. The van der Waals surface area contributed by atoms with Crippen molar-refractivity contribution in [1.29, 1.82) is 5.26 Å². The molecule has 0 N–H and O–H groups in total. The molecule has 0 bridgehead atoms. The van der Waals surface area contributed by atoms with Crippen LogP contribution in [0.1, 0.15) is 42.0 Å². The fraction of sp³-hybridized carbons (Fsp3) is 0.250. The van der Waals surface area contributed by atoms with Crippen LogP contribution in [0.15, 0.2) is 54.0 Å². The minimum Gasteiger partial charge on any atom is -0.310 e. The van der Waals surface area contributed by atoms with Crippen molar-refractivity contribution in [2.24, 2.45) is 0 Å². The first-order valence-electron chi connectivity index (χ1n) is 10.5. The number of aryl methyl sites for hydroxylation is 1. The lowest BCUT2D eigenvalue weighted by atomic mass is 10.1. The van der Waals surface area contributed by atoms with E-state index in [-0.39, 0.29) is 0 Å². The van der Waals surface area contributed by atoms with E-state index < -0.39 is 0 Å². The Labute approximate surface area is 185 Å². The van der Waals surface area contributed by atoms with E-state index in [2.05, 4.69) is 39.0 Å². The van der Waals surface area contributed by atoms with Crippen LogP contribution in [-0.2, 0) is 19.5 Å². The van der Waals surface area contributed by atoms with Gasteiger partial charge in [0.15, 0.2) is 5.82 Å². The van der Waals surface area contributed by atoms with E-state index in [0.717, 1.165) is 47.8 Å². The van der Waals surface area contributed by atoms with Crippen molar-refractivity contribution in [3.05, 3.63) is 76.8 Å². The Bertz CT molecular complexity index is 1240. The van der Waals surface area contributed by atoms with E-state index in [0.29, 0.717) is 17.9 Å². The summed E-state index contributed by atoms with van der Waals surface area (Å²) >= 11 is 1.65. The molecule has 0 spiro atoms. The summed E-state index contributed by atoms with van der Waals surface area (Å²) < 4.78 is 4.05. The fourth-order valence-corrected chi connectivity index (χ4v) is 4.72. The number of hydrogen-bond donors (Lipinski definition) is 0. The van der Waals surface area contributed by atoms with Gasteiger partial charge in [-0.05, 0) is 35.9 Å². The number of allylic oxidation sites excluding steroid dienone is 1. The molecule has 154 valence electrons. The van der Waals surface area contributed by atoms with Gasteiger partial charge >= 0.3 is 0 Å². The molecule has 7 heteroatoms. The topological polar surface area (TPSA) is 72.3 Å². The zero-order valence-corrected chi connectivity index (χ0v) is 17.9. The Kier molecular flexibility index (Phi) is 5.46. The number of thiophene rings is 1. The van der Waals surface area contributed by atoms with Crippen LogP contribution in [0.3, 0.4) is 0 Å². The molecule has 5 rings (SSSR count). The zero-order valence-electron chi connectivity index (χ0n) is 17.1. The molecular formula is C24H22N6S. The lowest BCUT2D eigenvalue weighted by Gasteiger charge is -2.05. The van der Waals surface area contributed by atoms with Gasteiger partial charge in [0.2, 0.25) is 0 Å². The van der Waals surface area contributed by atoms with E-state index in [1.165, 1.54) is 12.0 Å². The molecule has 0 saturated carbocycles. The largest absolute Gasteiger partial charge is 0.310 e. The highest BCUT2D eigenvalue weighted by molar-refractivity contribution is 7.13. The van der Waals surface area contributed by atoms with Gasteiger partial charge in [-0.15, -0.1) is 21.5 Å². The first kappa shape index (κ1) is 19.5. The zero-order chi connectivity index (χ0) is 21.0. The molecular weight excluding hydrogens is 404 g/mol. The van der Waals surface area contributed by atoms with Gasteiger partial charge in [-0.2, -0.15) is 10.4 Å². The van der Waals surface area contributed by atoms with Crippen LogP contribution in [-0.4, -0.2) is 24.5 Å². The van der Waals surface area contributed by atoms with Crippen molar-refractivity contribution < 1.29 is 0 Å². The average Bonchev–Trinajstić information content (AvgIpc) is 3.50. The molecule has 0 amide bonds. The smallest absolute Gasteiger partial charge is 0.174 e. The number of aromatic nitrogens is 5. The van der Waals surface area contributed by atoms with Gasteiger partial charge in [-0.1, -0.05) is 42.8 Å². The van der Waals surface area contributed by atoms with Gasteiger partial charge in [0.1, 0.15) is 17.6 Å². The van der Waals surface area contributed by atoms with E-state index in [1.807, 2.05) is 46.6 Å². The minimum atomic E-state index is 0.526. The molecule has 1 aromatic carbocycles.